The van der Waals surface area contributed by atoms with E-state index < -0.39 is 18.3 Å². The molecule has 0 spiro atoms. The summed E-state index contributed by atoms with van der Waals surface area (Å²) in [5, 5.41) is 0.0636. The van der Waals surface area contributed by atoms with Gasteiger partial charge >= 0.3 is 7.12 Å². The van der Waals surface area contributed by atoms with Crippen LogP contribution in [0.2, 0.25) is 0 Å². The van der Waals surface area contributed by atoms with Crippen LogP contribution in [0.25, 0.3) is 17.2 Å². The van der Waals surface area contributed by atoms with Gasteiger partial charge in [-0.1, -0.05) is 23.9 Å². The minimum Gasteiger partial charge on any atom is -0.441 e. The molecule has 0 aliphatic carbocycles. The van der Waals surface area contributed by atoms with E-state index in [-0.39, 0.29) is 5.12 Å². The summed E-state index contributed by atoms with van der Waals surface area (Å²) < 4.78 is 18.0. The Morgan fingerprint density at radius 1 is 1.23 bits per heavy atom. The van der Waals surface area contributed by atoms with Gasteiger partial charge in [0.25, 0.3) is 0 Å². The molecule has 1 aliphatic rings. The molecule has 0 N–H and O–H groups in total. The average molecular weight is 373 g/mol. The molecule has 1 aromatic heterocycles. The highest BCUT2D eigenvalue weighted by molar-refractivity contribution is 8.13. The van der Waals surface area contributed by atoms with Crippen molar-refractivity contribution in [3.63, 3.8) is 0 Å². The molecular formula is C19H24BNO4S. The summed E-state index contributed by atoms with van der Waals surface area (Å²) in [5.74, 6) is 1.15. The molecule has 5 nitrogen and oxygen atoms in total. The molecule has 0 atom stereocenters. The number of thioether (sulfide) groups is 1. The van der Waals surface area contributed by atoms with Gasteiger partial charge in [-0.2, -0.15) is 0 Å². The monoisotopic (exact) mass is 373 g/mol. The maximum atomic E-state index is 11.5. The van der Waals surface area contributed by atoms with Crippen molar-refractivity contribution in [3.05, 3.63) is 35.1 Å². The van der Waals surface area contributed by atoms with E-state index in [0.29, 0.717) is 11.6 Å². The molecule has 0 bridgehead atoms. The Kier molecular flexibility index (Phi) is 5.07. The SMILES string of the molecule is CC(=O)SCC(=Cc1ccc2nc(C)oc2c1)B1OC(C)(C)C(C)(C)O1. The minimum atomic E-state index is -0.487. The molecule has 1 aromatic carbocycles. The number of nitrogens with zero attached hydrogens (tertiary/aromatic N) is 1. The van der Waals surface area contributed by atoms with Crippen molar-refractivity contribution in [1.82, 2.24) is 4.98 Å². The lowest BCUT2D eigenvalue weighted by Crippen LogP contribution is -2.41. The van der Waals surface area contributed by atoms with Crippen molar-refractivity contribution in [2.75, 3.05) is 5.75 Å². The van der Waals surface area contributed by atoms with E-state index in [1.807, 2.05) is 58.9 Å². The molecule has 2 heterocycles. The van der Waals surface area contributed by atoms with Crippen LogP contribution in [0, 0.1) is 6.92 Å². The predicted molar refractivity (Wildman–Crippen MR) is 106 cm³/mol. The van der Waals surface area contributed by atoms with E-state index in [0.717, 1.165) is 22.1 Å². The normalized spacial score (nSPS) is 19.3. The van der Waals surface area contributed by atoms with Crippen LogP contribution in [-0.4, -0.2) is 34.2 Å². The Balaban J connectivity index is 1.94. The topological polar surface area (TPSA) is 61.6 Å². The smallest absolute Gasteiger partial charge is 0.441 e. The zero-order valence-corrected chi connectivity index (χ0v) is 16.9. The predicted octanol–water partition coefficient (Wildman–Crippen LogP) is 4.43. The van der Waals surface area contributed by atoms with Crippen LogP contribution in [0.5, 0.6) is 0 Å². The molecule has 3 rings (SSSR count). The standard InChI is InChI=1S/C19H24BNO4S/c1-12-21-16-8-7-14(10-17(16)23-12)9-15(11-26-13(2)22)20-24-18(3,4)19(5,6)25-20/h7-10H,11H2,1-6H3. The fourth-order valence-corrected chi connectivity index (χ4v) is 3.31. The number of carbonyl (C=O) groups excluding carboxylic acids is 1. The molecule has 1 saturated heterocycles. The van der Waals surface area contributed by atoms with E-state index >= 15 is 0 Å². The summed E-state index contributed by atoms with van der Waals surface area (Å²) in [4.78, 5) is 15.8. The zero-order valence-electron chi connectivity index (χ0n) is 16.1. The molecule has 1 aliphatic heterocycles. The van der Waals surface area contributed by atoms with Gasteiger partial charge in [-0.05, 0) is 50.9 Å². The molecular weight excluding hydrogens is 349 g/mol. The Bertz CT molecular complexity index is 856. The Hall–Kier alpha value is -1.57. The molecule has 7 heteroatoms. The summed E-state index contributed by atoms with van der Waals surface area (Å²) in [6.07, 6.45) is 2.01. The van der Waals surface area contributed by atoms with Gasteiger partial charge in [0.05, 0.1) is 11.2 Å². The second-order valence-electron chi connectivity index (χ2n) is 7.55. The Morgan fingerprint density at radius 3 is 2.50 bits per heavy atom. The number of aromatic nitrogens is 1. The molecule has 26 heavy (non-hydrogen) atoms. The van der Waals surface area contributed by atoms with Gasteiger partial charge in [0.2, 0.25) is 0 Å². The van der Waals surface area contributed by atoms with E-state index in [1.165, 1.54) is 11.8 Å². The van der Waals surface area contributed by atoms with Crippen LogP contribution in [0.1, 0.15) is 46.1 Å². The summed E-state index contributed by atoms with van der Waals surface area (Å²) in [6, 6.07) is 5.85. The molecule has 138 valence electrons. The highest BCUT2D eigenvalue weighted by Crippen LogP contribution is 2.39. The second-order valence-corrected chi connectivity index (χ2v) is 8.70. The molecule has 0 radical (unpaired) electrons. The second kappa shape index (κ2) is 6.87. The molecule has 1 fully saturated rings. The van der Waals surface area contributed by atoms with Crippen molar-refractivity contribution in [3.8, 4) is 0 Å². The van der Waals surface area contributed by atoms with Crippen LogP contribution in [0.15, 0.2) is 28.1 Å². The summed E-state index contributed by atoms with van der Waals surface area (Å²) >= 11 is 1.25. The largest absolute Gasteiger partial charge is 0.491 e. The maximum Gasteiger partial charge on any atom is 0.491 e. The lowest BCUT2D eigenvalue weighted by atomic mass is 9.78. The first kappa shape index (κ1) is 19.2. The van der Waals surface area contributed by atoms with Crippen molar-refractivity contribution in [2.45, 2.75) is 52.7 Å². The van der Waals surface area contributed by atoms with Crippen LogP contribution in [0.4, 0.5) is 0 Å². The number of benzene rings is 1. The Morgan fingerprint density at radius 2 is 1.88 bits per heavy atom. The van der Waals surface area contributed by atoms with Crippen LogP contribution < -0.4 is 0 Å². The summed E-state index contributed by atoms with van der Waals surface area (Å²) in [5.41, 5.74) is 2.59. The summed E-state index contributed by atoms with van der Waals surface area (Å²) in [7, 11) is -0.487. The number of fused-ring (bicyclic) bond motifs is 1. The van der Waals surface area contributed by atoms with Crippen molar-refractivity contribution >= 4 is 41.2 Å². The molecule has 0 amide bonds. The molecule has 0 saturated carbocycles. The van der Waals surface area contributed by atoms with Gasteiger partial charge in [0, 0.05) is 19.6 Å². The molecule has 2 aromatic rings. The quantitative estimate of drug-likeness (QED) is 0.739. The number of rotatable bonds is 4. The summed E-state index contributed by atoms with van der Waals surface area (Å²) in [6.45, 7) is 11.5. The molecule has 0 unspecified atom stereocenters. The number of carbonyl (C=O) groups is 1. The highest BCUT2D eigenvalue weighted by Gasteiger charge is 2.52. The fraction of sp³-hybridized carbons (Fsp3) is 0.474. The van der Waals surface area contributed by atoms with Crippen molar-refractivity contribution in [2.24, 2.45) is 0 Å². The number of aryl methyl sites for hydroxylation is 1. The van der Waals surface area contributed by atoms with Gasteiger partial charge < -0.3 is 13.7 Å². The minimum absolute atomic E-state index is 0.0636. The van der Waals surface area contributed by atoms with Crippen molar-refractivity contribution < 1.29 is 18.5 Å². The zero-order chi connectivity index (χ0) is 19.1. The van der Waals surface area contributed by atoms with E-state index in [9.17, 15) is 4.79 Å². The van der Waals surface area contributed by atoms with Gasteiger partial charge in [-0.15, -0.1) is 0 Å². The third-order valence-corrected chi connectivity index (χ3v) is 5.75. The van der Waals surface area contributed by atoms with E-state index in [4.69, 9.17) is 13.7 Å². The third kappa shape index (κ3) is 3.90. The maximum absolute atomic E-state index is 11.5. The number of hydrogen-bond acceptors (Lipinski definition) is 6. The lowest BCUT2D eigenvalue weighted by Gasteiger charge is -2.32. The fourth-order valence-electron chi connectivity index (χ4n) is 2.72. The van der Waals surface area contributed by atoms with Gasteiger partial charge in [-0.3, -0.25) is 4.79 Å². The van der Waals surface area contributed by atoms with Gasteiger partial charge in [-0.25, -0.2) is 4.98 Å². The van der Waals surface area contributed by atoms with E-state index in [2.05, 4.69) is 4.98 Å². The van der Waals surface area contributed by atoms with E-state index in [1.54, 1.807) is 6.92 Å². The van der Waals surface area contributed by atoms with Crippen LogP contribution >= 0.6 is 11.8 Å². The van der Waals surface area contributed by atoms with Crippen LogP contribution in [-0.2, 0) is 14.1 Å². The Labute approximate surface area is 158 Å². The third-order valence-electron chi connectivity index (χ3n) is 4.87. The average Bonchev–Trinajstić information content (AvgIpc) is 2.98. The highest BCUT2D eigenvalue weighted by atomic mass is 32.2. The van der Waals surface area contributed by atoms with Crippen LogP contribution in [0.3, 0.4) is 0 Å². The lowest BCUT2D eigenvalue weighted by molar-refractivity contribution is -0.109. The van der Waals surface area contributed by atoms with Gasteiger partial charge in [0.1, 0.15) is 5.52 Å². The first-order valence-corrected chi connectivity index (χ1v) is 9.63. The van der Waals surface area contributed by atoms with Crippen molar-refractivity contribution in [1.29, 1.82) is 0 Å². The van der Waals surface area contributed by atoms with Gasteiger partial charge in [0.15, 0.2) is 16.6 Å². The first-order chi connectivity index (χ1) is 12.1. The first-order valence-electron chi connectivity index (χ1n) is 8.64. The number of oxazole rings is 1. The number of hydrogen-bond donors (Lipinski definition) is 0.